The van der Waals surface area contributed by atoms with E-state index in [1.54, 1.807) is 11.3 Å². The Balaban J connectivity index is 2.03. The fourth-order valence-corrected chi connectivity index (χ4v) is 2.24. The van der Waals surface area contributed by atoms with E-state index in [0.717, 1.165) is 18.1 Å². The molecule has 3 heteroatoms. The second kappa shape index (κ2) is 5.12. The molecule has 2 nitrogen and oxygen atoms in total. The number of aromatic nitrogens is 1. The van der Waals surface area contributed by atoms with Gasteiger partial charge in [-0.2, -0.15) is 0 Å². The molecule has 0 fully saturated rings. The Labute approximate surface area is 101 Å². The van der Waals surface area contributed by atoms with E-state index in [1.165, 1.54) is 11.1 Å². The molecule has 16 heavy (non-hydrogen) atoms. The molecule has 0 N–H and O–H groups in total. The summed E-state index contributed by atoms with van der Waals surface area (Å²) in [5, 5.41) is 3.08. The standard InChI is InChI=1S/C13H16N2S/c1-3-11-4-6-12(7-5-11)10-15(2)13-14-8-9-16-13/h4-9H,3,10H2,1-2H3. The van der Waals surface area contributed by atoms with Gasteiger partial charge >= 0.3 is 0 Å². The van der Waals surface area contributed by atoms with Gasteiger partial charge in [-0.05, 0) is 17.5 Å². The summed E-state index contributed by atoms with van der Waals surface area (Å²) >= 11 is 1.67. The summed E-state index contributed by atoms with van der Waals surface area (Å²) in [6.07, 6.45) is 2.94. The Morgan fingerprint density at radius 1 is 1.19 bits per heavy atom. The Hall–Kier alpha value is -1.35. The number of rotatable bonds is 4. The summed E-state index contributed by atoms with van der Waals surface area (Å²) in [7, 11) is 2.08. The molecular formula is C13H16N2S. The second-order valence-corrected chi connectivity index (χ2v) is 4.71. The molecule has 2 rings (SSSR count). The van der Waals surface area contributed by atoms with Gasteiger partial charge in [-0.1, -0.05) is 31.2 Å². The van der Waals surface area contributed by atoms with Crippen LogP contribution >= 0.6 is 11.3 Å². The third-order valence-corrected chi connectivity index (χ3v) is 3.48. The van der Waals surface area contributed by atoms with Crippen molar-refractivity contribution >= 4 is 16.5 Å². The number of benzene rings is 1. The number of aryl methyl sites for hydroxylation is 1. The van der Waals surface area contributed by atoms with Gasteiger partial charge in [-0.3, -0.25) is 0 Å². The van der Waals surface area contributed by atoms with Crippen LogP contribution < -0.4 is 4.90 Å². The summed E-state index contributed by atoms with van der Waals surface area (Å²) in [4.78, 5) is 6.46. The van der Waals surface area contributed by atoms with Crippen molar-refractivity contribution in [3.05, 3.63) is 47.0 Å². The number of hydrogen-bond acceptors (Lipinski definition) is 3. The van der Waals surface area contributed by atoms with E-state index in [4.69, 9.17) is 0 Å². The average Bonchev–Trinajstić information content (AvgIpc) is 2.83. The molecular weight excluding hydrogens is 216 g/mol. The quantitative estimate of drug-likeness (QED) is 0.803. The molecule has 0 spiro atoms. The van der Waals surface area contributed by atoms with Crippen LogP contribution in [-0.2, 0) is 13.0 Å². The molecule has 0 radical (unpaired) electrons. The maximum atomic E-state index is 4.29. The van der Waals surface area contributed by atoms with Gasteiger partial charge in [0.25, 0.3) is 0 Å². The number of nitrogens with zero attached hydrogens (tertiary/aromatic N) is 2. The smallest absolute Gasteiger partial charge is 0.185 e. The molecule has 1 heterocycles. The molecule has 0 unspecified atom stereocenters. The summed E-state index contributed by atoms with van der Waals surface area (Å²) < 4.78 is 0. The number of anilines is 1. The lowest BCUT2D eigenvalue weighted by molar-refractivity contribution is 0.913. The van der Waals surface area contributed by atoms with Crippen molar-refractivity contribution in [1.82, 2.24) is 4.98 Å². The van der Waals surface area contributed by atoms with Crippen molar-refractivity contribution in [3.63, 3.8) is 0 Å². The van der Waals surface area contributed by atoms with E-state index in [1.807, 2.05) is 11.6 Å². The number of hydrogen-bond donors (Lipinski definition) is 0. The third kappa shape index (κ3) is 2.61. The van der Waals surface area contributed by atoms with Gasteiger partial charge in [0.1, 0.15) is 0 Å². The van der Waals surface area contributed by atoms with E-state index in [0.29, 0.717) is 0 Å². The molecule has 0 saturated carbocycles. The van der Waals surface area contributed by atoms with Crippen molar-refractivity contribution in [2.45, 2.75) is 19.9 Å². The highest BCUT2D eigenvalue weighted by molar-refractivity contribution is 7.13. The summed E-state index contributed by atoms with van der Waals surface area (Å²) in [6.45, 7) is 3.09. The molecule has 84 valence electrons. The fourth-order valence-electron chi connectivity index (χ4n) is 1.63. The van der Waals surface area contributed by atoms with Gasteiger partial charge < -0.3 is 4.90 Å². The molecule has 2 aromatic rings. The summed E-state index contributed by atoms with van der Waals surface area (Å²) in [5.74, 6) is 0. The molecule has 1 aromatic heterocycles. The molecule has 0 bridgehead atoms. The lowest BCUT2D eigenvalue weighted by Crippen LogP contribution is -2.15. The van der Waals surface area contributed by atoms with Crippen LogP contribution in [0.5, 0.6) is 0 Å². The van der Waals surface area contributed by atoms with Crippen LogP contribution in [0.4, 0.5) is 5.13 Å². The lowest BCUT2D eigenvalue weighted by atomic mass is 10.1. The minimum atomic E-state index is 0.914. The monoisotopic (exact) mass is 232 g/mol. The Morgan fingerprint density at radius 2 is 1.88 bits per heavy atom. The van der Waals surface area contributed by atoms with Gasteiger partial charge in [0, 0.05) is 25.2 Å². The Bertz CT molecular complexity index is 420. The highest BCUT2D eigenvalue weighted by Gasteiger charge is 2.03. The maximum Gasteiger partial charge on any atom is 0.185 e. The molecule has 0 aliphatic carbocycles. The van der Waals surface area contributed by atoms with Crippen LogP contribution in [0, 0.1) is 0 Å². The molecule has 0 atom stereocenters. The maximum absolute atomic E-state index is 4.29. The summed E-state index contributed by atoms with van der Waals surface area (Å²) in [6, 6.07) is 8.79. The first-order valence-electron chi connectivity index (χ1n) is 5.48. The minimum absolute atomic E-state index is 0.914. The van der Waals surface area contributed by atoms with Crippen LogP contribution in [0.1, 0.15) is 18.1 Å². The SMILES string of the molecule is CCc1ccc(CN(C)c2nccs2)cc1. The molecule has 1 aromatic carbocycles. The predicted molar refractivity (Wildman–Crippen MR) is 70.0 cm³/mol. The van der Waals surface area contributed by atoms with Crippen molar-refractivity contribution < 1.29 is 0 Å². The first-order valence-corrected chi connectivity index (χ1v) is 6.36. The molecule has 0 amide bonds. The van der Waals surface area contributed by atoms with Crippen LogP contribution in [0.3, 0.4) is 0 Å². The highest BCUT2D eigenvalue weighted by atomic mass is 32.1. The largest absolute Gasteiger partial charge is 0.347 e. The summed E-state index contributed by atoms with van der Waals surface area (Å²) in [5.41, 5.74) is 2.72. The van der Waals surface area contributed by atoms with Crippen molar-refractivity contribution in [2.75, 3.05) is 11.9 Å². The first kappa shape index (κ1) is 11.1. The van der Waals surface area contributed by atoms with Crippen LogP contribution in [0.25, 0.3) is 0 Å². The normalized spacial score (nSPS) is 10.4. The van der Waals surface area contributed by atoms with E-state index in [-0.39, 0.29) is 0 Å². The topological polar surface area (TPSA) is 16.1 Å². The van der Waals surface area contributed by atoms with Gasteiger partial charge in [0.2, 0.25) is 0 Å². The fraction of sp³-hybridized carbons (Fsp3) is 0.308. The van der Waals surface area contributed by atoms with Crippen molar-refractivity contribution in [2.24, 2.45) is 0 Å². The van der Waals surface area contributed by atoms with Crippen molar-refractivity contribution in [3.8, 4) is 0 Å². The van der Waals surface area contributed by atoms with Crippen molar-refractivity contribution in [1.29, 1.82) is 0 Å². The second-order valence-electron chi connectivity index (χ2n) is 3.84. The van der Waals surface area contributed by atoms with Gasteiger partial charge in [0.15, 0.2) is 5.13 Å². The van der Waals surface area contributed by atoms with Crippen LogP contribution in [0.2, 0.25) is 0 Å². The predicted octanol–water partition coefficient (Wildman–Crippen LogP) is 3.34. The zero-order valence-electron chi connectivity index (χ0n) is 9.68. The Morgan fingerprint density at radius 3 is 2.44 bits per heavy atom. The van der Waals surface area contributed by atoms with Gasteiger partial charge in [0.05, 0.1) is 0 Å². The lowest BCUT2D eigenvalue weighted by Gasteiger charge is -2.15. The van der Waals surface area contributed by atoms with Crippen LogP contribution in [-0.4, -0.2) is 12.0 Å². The average molecular weight is 232 g/mol. The minimum Gasteiger partial charge on any atom is -0.347 e. The van der Waals surface area contributed by atoms with E-state index < -0.39 is 0 Å². The van der Waals surface area contributed by atoms with Crippen LogP contribution in [0.15, 0.2) is 35.8 Å². The third-order valence-electron chi connectivity index (χ3n) is 2.60. The molecule has 0 saturated heterocycles. The molecule has 0 aliphatic heterocycles. The van der Waals surface area contributed by atoms with Gasteiger partial charge in [-0.15, -0.1) is 11.3 Å². The highest BCUT2D eigenvalue weighted by Crippen LogP contribution is 2.18. The first-order chi connectivity index (χ1) is 7.79. The van der Waals surface area contributed by atoms with E-state index in [2.05, 4.69) is 48.1 Å². The van der Waals surface area contributed by atoms with E-state index in [9.17, 15) is 0 Å². The number of thiazole rings is 1. The van der Waals surface area contributed by atoms with Gasteiger partial charge in [-0.25, -0.2) is 4.98 Å². The molecule has 0 aliphatic rings. The zero-order chi connectivity index (χ0) is 11.4. The Kier molecular flexibility index (Phi) is 3.57. The van der Waals surface area contributed by atoms with E-state index >= 15 is 0 Å². The zero-order valence-corrected chi connectivity index (χ0v) is 10.5.